The molecule has 3 N–H and O–H groups in total. The van der Waals surface area contributed by atoms with E-state index in [1.54, 1.807) is 0 Å². The Morgan fingerprint density at radius 2 is 2.13 bits per heavy atom. The third-order valence-corrected chi connectivity index (χ3v) is 4.54. The minimum atomic E-state index is -0.200. The molecule has 3 aromatic rings. The second kappa shape index (κ2) is 5.47. The lowest BCUT2D eigenvalue weighted by Gasteiger charge is -2.28. The fourth-order valence-corrected chi connectivity index (χ4v) is 3.38. The van der Waals surface area contributed by atoms with Crippen molar-refractivity contribution in [2.24, 2.45) is 0 Å². The van der Waals surface area contributed by atoms with Gasteiger partial charge in [0.2, 0.25) is 5.95 Å². The second-order valence-corrected chi connectivity index (χ2v) is 6.62. The Labute approximate surface area is 140 Å². The van der Waals surface area contributed by atoms with Gasteiger partial charge >= 0.3 is 0 Å². The zero-order chi connectivity index (χ0) is 16.0. The van der Waals surface area contributed by atoms with Crippen LogP contribution in [0.2, 0.25) is 0 Å². The Bertz CT molecular complexity index is 947. The number of halogens is 1. The minimum absolute atomic E-state index is 0.184. The van der Waals surface area contributed by atoms with E-state index in [2.05, 4.69) is 54.1 Å². The van der Waals surface area contributed by atoms with Crippen LogP contribution in [0.15, 0.2) is 33.5 Å². The molecule has 0 saturated heterocycles. The van der Waals surface area contributed by atoms with Crippen LogP contribution in [0.4, 0.5) is 5.95 Å². The molecule has 118 valence electrons. The molecule has 0 radical (unpaired) electrons. The number of anilines is 1. The molecule has 23 heavy (non-hydrogen) atoms. The SMILES string of the molecule is Nc1nc2nc(CN3CCc4ccc(Br)cc4C3)cc(=O)n2[nH]1. The Morgan fingerprint density at radius 3 is 3.00 bits per heavy atom. The number of nitrogen functional groups attached to an aromatic ring is 1. The molecule has 3 heterocycles. The van der Waals surface area contributed by atoms with E-state index in [0.29, 0.717) is 18.0 Å². The fraction of sp³-hybridized carbons (Fsp3) is 0.267. The summed E-state index contributed by atoms with van der Waals surface area (Å²) in [5, 5.41) is 2.67. The van der Waals surface area contributed by atoms with Crippen LogP contribution in [0.25, 0.3) is 5.78 Å². The van der Waals surface area contributed by atoms with Crippen molar-refractivity contribution >= 4 is 27.7 Å². The number of fused-ring (bicyclic) bond motifs is 2. The van der Waals surface area contributed by atoms with Gasteiger partial charge in [-0.3, -0.25) is 14.8 Å². The second-order valence-electron chi connectivity index (χ2n) is 5.70. The van der Waals surface area contributed by atoms with Crippen molar-refractivity contribution < 1.29 is 0 Å². The molecule has 0 bridgehead atoms. The maximum atomic E-state index is 12.1. The molecule has 2 aromatic heterocycles. The number of nitrogens with two attached hydrogens (primary N) is 1. The fourth-order valence-electron chi connectivity index (χ4n) is 2.97. The number of rotatable bonds is 2. The van der Waals surface area contributed by atoms with Gasteiger partial charge in [0.1, 0.15) is 0 Å². The van der Waals surface area contributed by atoms with Gasteiger partial charge in [0.15, 0.2) is 0 Å². The van der Waals surface area contributed by atoms with Gasteiger partial charge in [-0.1, -0.05) is 22.0 Å². The van der Waals surface area contributed by atoms with Crippen molar-refractivity contribution in [2.75, 3.05) is 12.3 Å². The summed E-state index contributed by atoms with van der Waals surface area (Å²) >= 11 is 3.52. The predicted octanol–water partition coefficient (Wildman–Crippen LogP) is 1.32. The molecule has 8 heteroatoms. The van der Waals surface area contributed by atoms with Crippen molar-refractivity contribution in [1.82, 2.24) is 24.5 Å². The molecule has 0 amide bonds. The quantitative estimate of drug-likeness (QED) is 0.705. The van der Waals surface area contributed by atoms with Gasteiger partial charge in [0.25, 0.3) is 11.3 Å². The van der Waals surface area contributed by atoms with E-state index in [-0.39, 0.29) is 11.5 Å². The van der Waals surface area contributed by atoms with E-state index in [9.17, 15) is 4.79 Å². The predicted molar refractivity (Wildman–Crippen MR) is 90.0 cm³/mol. The van der Waals surface area contributed by atoms with Gasteiger partial charge in [-0.25, -0.2) is 4.98 Å². The Kier molecular flexibility index (Phi) is 3.42. The zero-order valence-corrected chi connectivity index (χ0v) is 13.9. The van der Waals surface area contributed by atoms with Crippen LogP contribution in [-0.4, -0.2) is 31.0 Å². The molecule has 0 fully saturated rings. The normalized spacial score (nSPS) is 15.0. The van der Waals surface area contributed by atoms with Crippen molar-refractivity contribution in [1.29, 1.82) is 0 Å². The lowest BCUT2D eigenvalue weighted by molar-refractivity contribution is 0.242. The average molecular weight is 375 g/mol. The molecule has 0 unspecified atom stereocenters. The largest absolute Gasteiger partial charge is 0.368 e. The summed E-state index contributed by atoms with van der Waals surface area (Å²) in [7, 11) is 0. The number of nitrogens with zero attached hydrogens (tertiary/aromatic N) is 4. The number of nitrogens with one attached hydrogen (secondary N) is 1. The first-order valence-electron chi connectivity index (χ1n) is 7.32. The highest BCUT2D eigenvalue weighted by atomic mass is 79.9. The summed E-state index contributed by atoms with van der Waals surface area (Å²) < 4.78 is 2.34. The molecule has 1 aromatic carbocycles. The molecule has 1 aliphatic rings. The summed E-state index contributed by atoms with van der Waals surface area (Å²) in [6.07, 6.45) is 0.999. The highest BCUT2D eigenvalue weighted by molar-refractivity contribution is 9.10. The minimum Gasteiger partial charge on any atom is -0.368 e. The summed E-state index contributed by atoms with van der Waals surface area (Å²) in [6, 6.07) is 7.93. The number of hydrogen-bond donors (Lipinski definition) is 2. The molecule has 1 aliphatic heterocycles. The van der Waals surface area contributed by atoms with Gasteiger partial charge < -0.3 is 5.73 Å². The molecule has 7 nitrogen and oxygen atoms in total. The first-order chi connectivity index (χ1) is 11.1. The van der Waals surface area contributed by atoms with Crippen LogP contribution in [0.1, 0.15) is 16.8 Å². The highest BCUT2D eigenvalue weighted by Crippen LogP contribution is 2.23. The monoisotopic (exact) mass is 374 g/mol. The number of H-pyrrole nitrogens is 1. The van der Waals surface area contributed by atoms with E-state index >= 15 is 0 Å². The van der Waals surface area contributed by atoms with E-state index in [1.807, 2.05) is 0 Å². The molecule has 4 rings (SSSR count). The van der Waals surface area contributed by atoms with Crippen LogP contribution in [0.5, 0.6) is 0 Å². The number of benzene rings is 1. The number of aromatic amines is 1. The standard InChI is InChI=1S/C15H15BrN6O/c16-11-2-1-9-3-4-21(7-10(9)5-11)8-12-6-13(23)22-15(18-12)19-14(17)20-22/h1-2,5-6H,3-4,7-8H2,(H3,17,18,19,20). The van der Waals surface area contributed by atoms with Gasteiger partial charge in [-0.05, 0) is 29.7 Å². The van der Waals surface area contributed by atoms with E-state index < -0.39 is 0 Å². The molecule has 0 spiro atoms. The average Bonchev–Trinajstić information content (AvgIpc) is 2.88. The van der Waals surface area contributed by atoms with Crippen molar-refractivity contribution in [3.8, 4) is 0 Å². The maximum Gasteiger partial charge on any atom is 0.274 e. The van der Waals surface area contributed by atoms with Gasteiger partial charge in [0, 0.05) is 30.2 Å². The Balaban J connectivity index is 1.60. The Hall–Kier alpha value is -2.19. The summed E-state index contributed by atoms with van der Waals surface area (Å²) in [5.74, 6) is 0.494. The van der Waals surface area contributed by atoms with Crippen molar-refractivity contribution in [3.05, 3.63) is 55.9 Å². The first kappa shape index (κ1) is 14.4. The van der Waals surface area contributed by atoms with Crippen LogP contribution in [-0.2, 0) is 19.5 Å². The van der Waals surface area contributed by atoms with Crippen molar-refractivity contribution in [3.63, 3.8) is 0 Å². The lowest BCUT2D eigenvalue weighted by atomic mass is 10.00. The van der Waals surface area contributed by atoms with E-state index in [0.717, 1.165) is 24.0 Å². The third-order valence-electron chi connectivity index (χ3n) is 4.05. The third kappa shape index (κ3) is 2.75. The molecule has 0 saturated carbocycles. The topological polar surface area (TPSA) is 92.3 Å². The van der Waals surface area contributed by atoms with Crippen LogP contribution >= 0.6 is 15.9 Å². The number of hydrogen-bond acceptors (Lipinski definition) is 5. The zero-order valence-electron chi connectivity index (χ0n) is 12.3. The van der Waals surface area contributed by atoms with Crippen molar-refractivity contribution in [2.45, 2.75) is 19.5 Å². The molecular formula is C15H15BrN6O. The van der Waals surface area contributed by atoms with Crippen LogP contribution in [0.3, 0.4) is 0 Å². The maximum absolute atomic E-state index is 12.1. The van der Waals surface area contributed by atoms with Gasteiger partial charge in [-0.15, -0.1) is 0 Å². The summed E-state index contributed by atoms with van der Waals surface area (Å²) in [4.78, 5) is 22.8. The highest BCUT2D eigenvalue weighted by Gasteiger charge is 2.18. The van der Waals surface area contributed by atoms with Gasteiger partial charge in [0.05, 0.1) is 5.69 Å². The summed E-state index contributed by atoms with van der Waals surface area (Å²) in [6.45, 7) is 2.40. The first-order valence-corrected chi connectivity index (χ1v) is 8.11. The molecular weight excluding hydrogens is 360 g/mol. The smallest absolute Gasteiger partial charge is 0.274 e. The lowest BCUT2D eigenvalue weighted by Crippen LogP contribution is -2.31. The molecule has 0 aliphatic carbocycles. The Morgan fingerprint density at radius 1 is 1.26 bits per heavy atom. The summed E-state index contributed by atoms with van der Waals surface area (Å²) in [5.41, 5.74) is 8.78. The van der Waals surface area contributed by atoms with E-state index in [4.69, 9.17) is 5.73 Å². The van der Waals surface area contributed by atoms with Crippen LogP contribution < -0.4 is 11.3 Å². The molecule has 0 atom stereocenters. The number of aromatic nitrogens is 4. The van der Waals surface area contributed by atoms with Gasteiger partial charge in [-0.2, -0.15) is 9.50 Å². The van der Waals surface area contributed by atoms with Crippen LogP contribution in [0, 0.1) is 0 Å². The van der Waals surface area contributed by atoms with E-state index in [1.165, 1.54) is 21.7 Å².